The molecule has 5 nitrogen and oxygen atoms in total. The first kappa shape index (κ1) is 14.7. The number of carboxylic acids is 1. The largest absolute Gasteiger partial charge is 0.481 e. The van der Waals surface area contributed by atoms with Crippen LogP contribution in [0.2, 0.25) is 0 Å². The Bertz CT molecular complexity index is 686. The molecule has 2 aliphatic rings. The predicted octanol–water partition coefficient (Wildman–Crippen LogP) is 2.74. The number of likely N-dealkylation sites (tertiary alicyclic amines) is 1. The second-order valence-electron chi connectivity index (χ2n) is 6.92. The molecule has 122 valence electrons. The number of benzene rings is 1. The molecule has 5 heteroatoms. The smallest absolute Gasteiger partial charge is 0.306 e. The zero-order chi connectivity index (χ0) is 15.8. The van der Waals surface area contributed by atoms with Gasteiger partial charge in [0.2, 0.25) is 0 Å². The van der Waals surface area contributed by atoms with Gasteiger partial charge < -0.3 is 10.1 Å². The molecule has 1 saturated heterocycles. The maximum Gasteiger partial charge on any atom is 0.306 e. The summed E-state index contributed by atoms with van der Waals surface area (Å²) in [4.78, 5) is 21.5. The van der Waals surface area contributed by atoms with Crippen molar-refractivity contribution in [2.45, 2.75) is 45.1 Å². The normalized spacial score (nSPS) is 19.8. The van der Waals surface area contributed by atoms with Gasteiger partial charge in [-0.1, -0.05) is 0 Å². The lowest BCUT2D eigenvalue weighted by Gasteiger charge is -2.29. The molecule has 2 N–H and O–H groups in total. The van der Waals surface area contributed by atoms with E-state index in [1.165, 1.54) is 36.8 Å². The summed E-state index contributed by atoms with van der Waals surface area (Å²) in [5, 5.41) is 9.08. The van der Waals surface area contributed by atoms with Crippen molar-refractivity contribution in [3.63, 3.8) is 0 Å². The van der Waals surface area contributed by atoms with Gasteiger partial charge in [0.05, 0.1) is 23.5 Å². The number of carbonyl (C=O) groups is 1. The number of rotatable bonds is 3. The first-order valence-electron chi connectivity index (χ1n) is 8.64. The van der Waals surface area contributed by atoms with E-state index in [0.717, 1.165) is 49.3 Å². The monoisotopic (exact) mass is 313 g/mol. The number of carboxylic acid groups (broad SMARTS) is 1. The van der Waals surface area contributed by atoms with Crippen LogP contribution in [-0.2, 0) is 24.2 Å². The summed E-state index contributed by atoms with van der Waals surface area (Å²) in [5.74, 6) is 0.170. The number of hydrogen-bond acceptors (Lipinski definition) is 3. The third-order valence-electron chi connectivity index (χ3n) is 5.30. The fourth-order valence-electron chi connectivity index (χ4n) is 3.92. The number of H-pyrrole nitrogens is 1. The highest BCUT2D eigenvalue weighted by Gasteiger charge is 2.25. The molecule has 1 aliphatic carbocycles. The Labute approximate surface area is 135 Å². The Balaban J connectivity index is 1.48. The molecule has 0 bridgehead atoms. The van der Waals surface area contributed by atoms with Crippen LogP contribution in [0, 0.1) is 5.92 Å². The van der Waals surface area contributed by atoms with E-state index < -0.39 is 5.97 Å². The van der Waals surface area contributed by atoms with Crippen LogP contribution in [0.1, 0.15) is 42.6 Å². The first-order chi connectivity index (χ1) is 11.2. The minimum absolute atomic E-state index is 0.173. The molecule has 1 aromatic carbocycles. The molecule has 1 aromatic heterocycles. The van der Waals surface area contributed by atoms with Crippen molar-refractivity contribution < 1.29 is 9.90 Å². The van der Waals surface area contributed by atoms with Crippen molar-refractivity contribution in [2.75, 3.05) is 13.1 Å². The molecule has 1 fully saturated rings. The number of aromatic amines is 1. The molecular formula is C18H23N3O2. The van der Waals surface area contributed by atoms with Gasteiger partial charge in [0.25, 0.3) is 0 Å². The molecule has 0 radical (unpaired) electrons. The van der Waals surface area contributed by atoms with E-state index in [9.17, 15) is 4.79 Å². The highest BCUT2D eigenvalue weighted by molar-refractivity contribution is 5.77. The van der Waals surface area contributed by atoms with Gasteiger partial charge in [-0.2, -0.15) is 0 Å². The van der Waals surface area contributed by atoms with E-state index in [1.54, 1.807) is 0 Å². The second kappa shape index (κ2) is 5.96. The van der Waals surface area contributed by atoms with Crippen molar-refractivity contribution in [3.05, 3.63) is 29.1 Å². The summed E-state index contributed by atoms with van der Waals surface area (Å²) < 4.78 is 0. The Kier molecular flexibility index (Phi) is 3.81. The summed E-state index contributed by atoms with van der Waals surface area (Å²) in [7, 11) is 0. The standard InChI is InChI=1S/C18H23N3O2/c22-18(23)12-5-7-21(8-6-12)11-17-19-15-9-13-3-1-2-4-14(13)10-16(15)20-17/h9-10,12H,1-8,11H2,(H,19,20)(H,22,23). The number of nitrogens with one attached hydrogen (secondary N) is 1. The predicted molar refractivity (Wildman–Crippen MR) is 88.4 cm³/mol. The van der Waals surface area contributed by atoms with Crippen molar-refractivity contribution in [1.29, 1.82) is 0 Å². The zero-order valence-electron chi connectivity index (χ0n) is 13.3. The fraction of sp³-hybridized carbons (Fsp3) is 0.556. The Morgan fingerprint density at radius 3 is 2.61 bits per heavy atom. The van der Waals surface area contributed by atoms with Gasteiger partial charge in [0.15, 0.2) is 0 Å². The molecule has 4 rings (SSSR count). The lowest BCUT2D eigenvalue weighted by Crippen LogP contribution is -2.36. The zero-order valence-corrected chi connectivity index (χ0v) is 13.3. The Hall–Kier alpha value is -1.88. The van der Waals surface area contributed by atoms with Crippen molar-refractivity contribution in [1.82, 2.24) is 14.9 Å². The lowest BCUT2D eigenvalue weighted by molar-refractivity contribution is -0.143. The third kappa shape index (κ3) is 2.98. The maximum atomic E-state index is 11.0. The van der Waals surface area contributed by atoms with Crippen LogP contribution in [0.25, 0.3) is 11.0 Å². The van der Waals surface area contributed by atoms with E-state index in [2.05, 4.69) is 22.0 Å². The van der Waals surface area contributed by atoms with Crippen LogP contribution in [0.15, 0.2) is 12.1 Å². The highest BCUT2D eigenvalue weighted by atomic mass is 16.4. The summed E-state index contributed by atoms with van der Waals surface area (Å²) in [6.07, 6.45) is 6.42. The summed E-state index contributed by atoms with van der Waals surface area (Å²) >= 11 is 0. The number of hydrogen-bond donors (Lipinski definition) is 2. The van der Waals surface area contributed by atoms with E-state index >= 15 is 0 Å². The van der Waals surface area contributed by atoms with Gasteiger partial charge in [-0.25, -0.2) is 4.98 Å². The molecular weight excluding hydrogens is 290 g/mol. The number of fused-ring (bicyclic) bond motifs is 2. The van der Waals surface area contributed by atoms with Gasteiger partial charge >= 0.3 is 5.97 Å². The van der Waals surface area contributed by atoms with Crippen LogP contribution in [0.5, 0.6) is 0 Å². The Morgan fingerprint density at radius 2 is 1.91 bits per heavy atom. The van der Waals surface area contributed by atoms with Crippen LogP contribution in [-0.4, -0.2) is 39.0 Å². The topological polar surface area (TPSA) is 69.2 Å². The van der Waals surface area contributed by atoms with Crippen LogP contribution >= 0.6 is 0 Å². The number of nitrogens with zero attached hydrogens (tertiary/aromatic N) is 2. The van der Waals surface area contributed by atoms with E-state index in [0.29, 0.717) is 0 Å². The number of aliphatic carboxylic acids is 1. The van der Waals surface area contributed by atoms with Gasteiger partial charge in [0.1, 0.15) is 5.82 Å². The molecule has 0 amide bonds. The van der Waals surface area contributed by atoms with E-state index in [1.807, 2.05) is 0 Å². The number of aryl methyl sites for hydroxylation is 2. The second-order valence-corrected chi connectivity index (χ2v) is 6.92. The van der Waals surface area contributed by atoms with Gasteiger partial charge in [0, 0.05) is 0 Å². The highest BCUT2D eigenvalue weighted by Crippen LogP contribution is 2.26. The third-order valence-corrected chi connectivity index (χ3v) is 5.30. The molecule has 0 atom stereocenters. The summed E-state index contributed by atoms with van der Waals surface area (Å²) in [5.41, 5.74) is 5.15. The number of piperidine rings is 1. The Morgan fingerprint density at radius 1 is 1.22 bits per heavy atom. The number of aromatic nitrogens is 2. The SMILES string of the molecule is O=C(O)C1CCN(Cc2nc3cc4c(cc3[nH]2)CCCC4)CC1. The van der Waals surface area contributed by atoms with Crippen molar-refractivity contribution >= 4 is 17.0 Å². The van der Waals surface area contributed by atoms with Crippen molar-refractivity contribution in [3.8, 4) is 0 Å². The summed E-state index contributed by atoms with van der Waals surface area (Å²) in [6.45, 7) is 2.46. The van der Waals surface area contributed by atoms with Crippen LogP contribution in [0.4, 0.5) is 0 Å². The minimum Gasteiger partial charge on any atom is -0.481 e. The first-order valence-corrected chi connectivity index (χ1v) is 8.64. The van der Waals surface area contributed by atoms with Gasteiger partial charge in [-0.15, -0.1) is 0 Å². The lowest BCUT2D eigenvalue weighted by atomic mass is 9.91. The average molecular weight is 313 g/mol. The quantitative estimate of drug-likeness (QED) is 0.914. The van der Waals surface area contributed by atoms with Crippen molar-refractivity contribution in [2.24, 2.45) is 5.92 Å². The number of imidazole rings is 1. The molecule has 0 spiro atoms. The van der Waals surface area contributed by atoms with Crippen LogP contribution in [0.3, 0.4) is 0 Å². The molecule has 0 saturated carbocycles. The van der Waals surface area contributed by atoms with E-state index in [-0.39, 0.29) is 5.92 Å². The summed E-state index contributed by atoms with van der Waals surface area (Å²) in [6, 6.07) is 4.53. The van der Waals surface area contributed by atoms with Gasteiger partial charge in [-0.05, 0) is 74.9 Å². The van der Waals surface area contributed by atoms with Gasteiger partial charge in [-0.3, -0.25) is 9.69 Å². The molecule has 23 heavy (non-hydrogen) atoms. The molecule has 2 aromatic rings. The van der Waals surface area contributed by atoms with E-state index in [4.69, 9.17) is 10.1 Å². The minimum atomic E-state index is -0.654. The van der Waals surface area contributed by atoms with Crippen LogP contribution < -0.4 is 0 Å². The fourth-order valence-corrected chi connectivity index (χ4v) is 3.92. The maximum absolute atomic E-state index is 11.0. The molecule has 0 unspecified atom stereocenters. The molecule has 2 heterocycles. The average Bonchev–Trinajstić information content (AvgIpc) is 2.94. The molecule has 1 aliphatic heterocycles.